The van der Waals surface area contributed by atoms with Gasteiger partial charge in [0.15, 0.2) is 17.5 Å². The zero-order valence-electron chi connectivity index (χ0n) is 34.4. The maximum absolute atomic E-state index is 6.68. The second kappa shape index (κ2) is 14.4. The van der Waals surface area contributed by atoms with E-state index in [4.69, 9.17) is 24.4 Å². The van der Waals surface area contributed by atoms with Gasteiger partial charge in [0, 0.05) is 71.2 Å². The largest absolute Gasteiger partial charge is 0.456 e. The van der Waals surface area contributed by atoms with E-state index in [9.17, 15) is 0 Å². The van der Waals surface area contributed by atoms with Gasteiger partial charge in [-0.15, -0.1) is 0 Å². The minimum atomic E-state index is 0.585. The molecule has 0 N–H and O–H groups in total. The van der Waals surface area contributed by atoms with Crippen molar-refractivity contribution in [3.63, 3.8) is 0 Å². The molecule has 0 saturated heterocycles. The Bertz CT molecular complexity index is 3890. The second-order valence-electron chi connectivity index (χ2n) is 16.2. The lowest BCUT2D eigenvalue weighted by Crippen LogP contribution is -2.01. The molecule has 0 unspecified atom stereocenters. The molecule has 6 nitrogen and oxygen atoms in total. The van der Waals surface area contributed by atoms with Gasteiger partial charge in [0.25, 0.3) is 0 Å². The number of furan rings is 1. The van der Waals surface area contributed by atoms with Crippen LogP contribution in [-0.2, 0) is 0 Å². The number of benzene rings is 9. The molecule has 0 aliphatic heterocycles. The topological polar surface area (TPSA) is 69.6 Å². The Morgan fingerprint density at radius 2 is 0.859 bits per heavy atom. The quantitative estimate of drug-likeness (QED) is 0.156. The Kier molecular flexibility index (Phi) is 8.11. The predicted molar refractivity (Wildman–Crippen MR) is 261 cm³/mol. The smallest absolute Gasteiger partial charge is 0.164 e. The highest BCUT2D eigenvalue weighted by Gasteiger charge is 2.23. The van der Waals surface area contributed by atoms with Gasteiger partial charge in [-0.05, 0) is 66.2 Å². The van der Waals surface area contributed by atoms with Crippen molar-refractivity contribution in [1.82, 2.24) is 24.5 Å². The van der Waals surface area contributed by atoms with Crippen molar-refractivity contribution in [3.05, 3.63) is 212 Å². The molecule has 0 spiro atoms. The zero-order chi connectivity index (χ0) is 42.1. The van der Waals surface area contributed by atoms with E-state index in [1.54, 1.807) is 0 Å². The number of fused-ring (bicyclic) bond motifs is 9. The van der Waals surface area contributed by atoms with E-state index in [0.717, 1.165) is 99.4 Å². The van der Waals surface area contributed by atoms with E-state index < -0.39 is 0 Å². The maximum atomic E-state index is 6.68. The van der Waals surface area contributed by atoms with Crippen molar-refractivity contribution in [2.75, 3.05) is 0 Å². The lowest BCUT2D eigenvalue weighted by atomic mass is 9.89. The van der Waals surface area contributed by atoms with Gasteiger partial charge in [0.1, 0.15) is 11.2 Å². The molecule has 6 heteroatoms. The Morgan fingerprint density at radius 1 is 0.328 bits per heavy atom. The summed E-state index contributed by atoms with van der Waals surface area (Å²) in [7, 11) is 0. The molecular formula is C58H35N5O. The van der Waals surface area contributed by atoms with E-state index in [1.165, 1.54) is 10.8 Å². The number of hydrogen-bond donors (Lipinski definition) is 0. The van der Waals surface area contributed by atoms with Gasteiger partial charge >= 0.3 is 0 Å². The number of nitrogens with zero attached hydrogens (tertiary/aromatic N) is 5. The predicted octanol–water partition coefficient (Wildman–Crippen LogP) is 14.9. The van der Waals surface area contributed by atoms with Crippen LogP contribution in [0.2, 0.25) is 0 Å². The molecule has 0 aliphatic carbocycles. The summed E-state index contributed by atoms with van der Waals surface area (Å²) in [5.74, 6) is 1.79. The van der Waals surface area contributed by atoms with Crippen molar-refractivity contribution >= 4 is 65.4 Å². The average Bonchev–Trinajstić information content (AvgIpc) is 3.91. The molecule has 0 radical (unpaired) electrons. The highest BCUT2D eigenvalue weighted by atomic mass is 16.3. The zero-order valence-corrected chi connectivity index (χ0v) is 34.4. The molecule has 0 aliphatic rings. The molecule has 13 rings (SSSR count). The monoisotopic (exact) mass is 817 g/mol. The van der Waals surface area contributed by atoms with Crippen molar-refractivity contribution in [3.8, 4) is 62.2 Å². The van der Waals surface area contributed by atoms with Crippen LogP contribution in [-0.4, -0.2) is 24.5 Å². The number of pyridine rings is 1. The fourth-order valence-corrected chi connectivity index (χ4v) is 9.55. The first-order valence-corrected chi connectivity index (χ1v) is 21.5. The van der Waals surface area contributed by atoms with Crippen LogP contribution in [0.25, 0.3) is 128 Å². The fourth-order valence-electron chi connectivity index (χ4n) is 9.55. The first kappa shape index (κ1) is 36.0. The molecule has 0 fully saturated rings. The average molecular weight is 818 g/mol. The fraction of sp³-hybridized carbons (Fsp3) is 0. The SMILES string of the molecule is c1ccc(-c2nc(-c3ccc(-n4c5ccccc5c5ccccc54)cc3)nc(-c3cccc(-c4c5c(cc6c(-c7ccccc7)nc7ccccc7c46)oc4ccccc45)c3)n2)cc1. The molecule has 4 aromatic heterocycles. The van der Waals surface area contributed by atoms with Crippen LogP contribution in [0.3, 0.4) is 0 Å². The van der Waals surface area contributed by atoms with Crippen molar-refractivity contribution in [1.29, 1.82) is 0 Å². The Hall–Kier alpha value is -8.74. The number of hydrogen-bond acceptors (Lipinski definition) is 5. The number of aromatic nitrogens is 5. The lowest BCUT2D eigenvalue weighted by molar-refractivity contribution is 0.669. The van der Waals surface area contributed by atoms with Crippen LogP contribution in [0.4, 0.5) is 0 Å². The summed E-state index contributed by atoms with van der Waals surface area (Å²) in [4.78, 5) is 20.8. The van der Waals surface area contributed by atoms with Crippen molar-refractivity contribution in [2.45, 2.75) is 0 Å². The molecule has 0 amide bonds. The Balaban J connectivity index is 1.02. The molecule has 0 bridgehead atoms. The lowest BCUT2D eigenvalue weighted by Gasteiger charge is -2.16. The summed E-state index contributed by atoms with van der Waals surface area (Å²) in [5, 5.41) is 7.78. The van der Waals surface area contributed by atoms with Gasteiger partial charge in [-0.3, -0.25) is 0 Å². The number of rotatable bonds is 6. The summed E-state index contributed by atoms with van der Waals surface area (Å²) in [6.45, 7) is 0. The highest BCUT2D eigenvalue weighted by molar-refractivity contribution is 6.28. The van der Waals surface area contributed by atoms with E-state index in [2.05, 4.69) is 168 Å². The molecule has 298 valence electrons. The standard InChI is InChI=1S/C58H35N5O/c1-3-16-36(17-4-1)55-46-35-51-54(45-25-10-14-29-50(45)64-51)52(53(46)44-24-7-11-26-47(44)59-55)39-20-15-21-40(34-39)58-61-56(37-18-5-2-6-19-37)60-57(62-58)38-30-32-41(33-31-38)63-48-27-12-8-22-42(48)43-23-9-13-28-49(43)63/h1-35H. The van der Waals surface area contributed by atoms with Crippen LogP contribution in [0.15, 0.2) is 217 Å². The summed E-state index contributed by atoms with van der Waals surface area (Å²) in [6.07, 6.45) is 0. The summed E-state index contributed by atoms with van der Waals surface area (Å²) < 4.78 is 9.00. The second-order valence-corrected chi connectivity index (χ2v) is 16.2. The van der Waals surface area contributed by atoms with Gasteiger partial charge in [-0.2, -0.15) is 0 Å². The van der Waals surface area contributed by atoms with Crippen molar-refractivity contribution < 1.29 is 4.42 Å². The minimum absolute atomic E-state index is 0.585. The molecule has 64 heavy (non-hydrogen) atoms. The molecule has 0 saturated carbocycles. The molecule has 13 aromatic rings. The van der Waals surface area contributed by atoms with Gasteiger partial charge in [-0.1, -0.05) is 152 Å². The molecule has 0 atom stereocenters. The van der Waals surface area contributed by atoms with Gasteiger partial charge < -0.3 is 8.98 Å². The summed E-state index contributed by atoms with van der Waals surface area (Å²) in [5.41, 5.74) is 12.7. The van der Waals surface area contributed by atoms with Gasteiger partial charge in [0.2, 0.25) is 0 Å². The Morgan fingerprint density at radius 3 is 1.56 bits per heavy atom. The highest BCUT2D eigenvalue weighted by Crippen LogP contribution is 2.47. The van der Waals surface area contributed by atoms with Crippen LogP contribution >= 0.6 is 0 Å². The molecule has 4 heterocycles. The van der Waals surface area contributed by atoms with Gasteiger partial charge in [0.05, 0.1) is 22.2 Å². The molecular weight excluding hydrogens is 783 g/mol. The number of para-hydroxylation sites is 4. The van der Waals surface area contributed by atoms with E-state index in [1.807, 2.05) is 48.5 Å². The van der Waals surface area contributed by atoms with Crippen LogP contribution in [0.1, 0.15) is 0 Å². The normalized spacial score (nSPS) is 11.8. The van der Waals surface area contributed by atoms with Crippen molar-refractivity contribution in [2.24, 2.45) is 0 Å². The summed E-state index contributed by atoms with van der Waals surface area (Å²) in [6, 6.07) is 73.7. The van der Waals surface area contributed by atoms with Gasteiger partial charge in [-0.25, -0.2) is 19.9 Å². The van der Waals surface area contributed by atoms with Crippen LogP contribution in [0.5, 0.6) is 0 Å². The first-order valence-electron chi connectivity index (χ1n) is 21.5. The Labute approximate surface area is 367 Å². The third-order valence-electron chi connectivity index (χ3n) is 12.4. The molecule has 9 aromatic carbocycles. The van der Waals surface area contributed by atoms with E-state index in [-0.39, 0.29) is 0 Å². The third-order valence-corrected chi connectivity index (χ3v) is 12.4. The minimum Gasteiger partial charge on any atom is -0.456 e. The van der Waals surface area contributed by atoms with Crippen LogP contribution < -0.4 is 0 Å². The first-order chi connectivity index (χ1) is 31.7. The van der Waals surface area contributed by atoms with E-state index in [0.29, 0.717) is 17.5 Å². The maximum Gasteiger partial charge on any atom is 0.164 e. The van der Waals surface area contributed by atoms with E-state index >= 15 is 0 Å². The summed E-state index contributed by atoms with van der Waals surface area (Å²) >= 11 is 0. The third kappa shape index (κ3) is 5.73. The van der Waals surface area contributed by atoms with Crippen LogP contribution in [0, 0.1) is 0 Å².